The van der Waals surface area contributed by atoms with Crippen molar-refractivity contribution in [3.05, 3.63) is 276 Å². The smallest absolute Gasteiger partial charge is 0.311 e. The fraction of sp³-hybridized carbons (Fsp3) is 0.176. The van der Waals surface area contributed by atoms with E-state index in [2.05, 4.69) is 94.8 Å². The first kappa shape index (κ1) is 79.7. The molecule has 17 rings (SSSR count). The summed E-state index contributed by atoms with van der Waals surface area (Å²) in [5.74, 6) is 11.2. The van der Waals surface area contributed by atoms with E-state index in [0.717, 1.165) is 70.5 Å². The van der Waals surface area contributed by atoms with Crippen molar-refractivity contribution < 1.29 is 65.0 Å². The molecule has 3 aliphatic rings. The van der Waals surface area contributed by atoms with E-state index in [4.69, 9.17) is 79.7 Å². The van der Waals surface area contributed by atoms with Crippen LogP contribution in [0.2, 0.25) is 5.15 Å². The number of nitrogens with two attached hydrogens (primary N) is 1. The molecule has 0 radical (unpaired) electrons. The van der Waals surface area contributed by atoms with Crippen LogP contribution in [-0.4, -0.2) is 154 Å². The molecular weight excluding hydrogens is 1640 g/mol. The van der Waals surface area contributed by atoms with Crippen LogP contribution >= 0.6 is 11.6 Å². The first-order chi connectivity index (χ1) is 63.5. The fourth-order valence-corrected chi connectivity index (χ4v) is 13.0. The summed E-state index contributed by atoms with van der Waals surface area (Å²) in [7, 11) is 0. The molecule has 3 unspecified atom stereocenters. The number of nitrogens with one attached hydrogen (secondary N) is 4. The van der Waals surface area contributed by atoms with E-state index in [-0.39, 0.29) is 63.5 Å². The third-order valence-electron chi connectivity index (χ3n) is 18.9. The van der Waals surface area contributed by atoms with E-state index < -0.39 is 58.3 Å². The van der Waals surface area contributed by atoms with Crippen molar-refractivity contribution in [1.82, 2.24) is 54.7 Å². The number of carbonyl (C=O) groups is 1. The van der Waals surface area contributed by atoms with Gasteiger partial charge in [0.2, 0.25) is 11.6 Å². The molecule has 0 spiro atoms. The number of anilines is 9. The molecule has 5 aromatic heterocycles. The number of halogens is 3. The van der Waals surface area contributed by atoms with Crippen LogP contribution < -0.4 is 41.2 Å². The lowest BCUT2D eigenvalue weighted by Gasteiger charge is -2.17. The SMILES string of the molecule is C#Cc1cccc(Nc2ncnc3cc(F)c([N+](=O)[O-])cc23)c1.C#Cc1cccc(Nc2ncnc3cc(OC4CCOC4)c(N)cc23)c1.C#Cc1cccc(Nc2ncnc3cc(OC4CCOC4)c([N+](=O)[O-])cc23)c1.O=[N+]([O-])c1cc2c(Cl)ncnc2cc1F.[2H]C([2H])([2H])N(C/C=C/C(=O)Cc1cc2c(Nc3cccc(C#C)c3)ncnc2cc1OC1CCOC1)C([2H])([2H])[2H]. The number of ether oxygens (including phenoxy) is 6. The van der Waals surface area contributed by atoms with Gasteiger partial charge in [0, 0.05) is 156 Å². The molecule has 0 amide bonds. The number of fused-ring (bicyclic) bond motifs is 5. The van der Waals surface area contributed by atoms with Gasteiger partial charge in [0.05, 0.1) is 98.5 Å². The lowest BCUT2D eigenvalue weighted by molar-refractivity contribution is -0.387. The molecule has 0 aliphatic carbocycles. The van der Waals surface area contributed by atoms with Gasteiger partial charge in [-0.3, -0.25) is 35.1 Å². The molecule has 9 aromatic carbocycles. The van der Waals surface area contributed by atoms with Gasteiger partial charge in [-0.2, -0.15) is 8.78 Å². The summed E-state index contributed by atoms with van der Waals surface area (Å²) in [5, 5.41) is 48.3. The zero-order chi connectivity index (χ0) is 93.8. The van der Waals surface area contributed by atoms with Gasteiger partial charge in [-0.05, 0) is 105 Å². The quantitative estimate of drug-likeness (QED) is 0.0105. The van der Waals surface area contributed by atoms with E-state index in [1.807, 2.05) is 78.9 Å². The number of rotatable bonds is 22. The topological polar surface area (TPSA) is 408 Å². The Hall–Kier alpha value is -16.1. The van der Waals surface area contributed by atoms with E-state index in [9.17, 15) is 43.9 Å². The summed E-state index contributed by atoms with van der Waals surface area (Å²) in [6.07, 6.45) is 32.7. The molecule has 3 fully saturated rings. The number of nitrogens with zero attached hydrogens (tertiary/aromatic N) is 14. The van der Waals surface area contributed by atoms with E-state index >= 15 is 0 Å². The molecule has 32 nitrogen and oxygen atoms in total. The maximum Gasteiger partial charge on any atom is 0.311 e. The maximum absolute atomic E-state index is 13.7. The van der Waals surface area contributed by atoms with E-state index in [0.29, 0.717) is 153 Å². The second-order valence-corrected chi connectivity index (χ2v) is 27.9. The summed E-state index contributed by atoms with van der Waals surface area (Å²) in [6.45, 7) is -2.84. The van der Waals surface area contributed by atoms with Crippen LogP contribution in [0.15, 0.2) is 202 Å². The number of ketones is 1. The van der Waals surface area contributed by atoms with Crippen LogP contribution in [0.4, 0.5) is 77.6 Å². The van der Waals surface area contributed by atoms with Crippen molar-refractivity contribution >= 4 is 141 Å². The Balaban J connectivity index is 0.000000145. The van der Waals surface area contributed by atoms with Gasteiger partial charge in [0.1, 0.15) is 89.9 Å². The lowest BCUT2D eigenvalue weighted by atomic mass is 10.0. The van der Waals surface area contributed by atoms with E-state index in [1.54, 1.807) is 48.5 Å². The number of nitrogen functional groups attached to an aromatic ring is 1. The molecule has 14 aromatic rings. The highest BCUT2D eigenvalue weighted by Gasteiger charge is 2.28. The van der Waals surface area contributed by atoms with Gasteiger partial charge in [0.15, 0.2) is 11.5 Å². The minimum Gasteiger partial charge on any atom is -0.488 e. The zero-order valence-corrected chi connectivity index (χ0v) is 66.9. The fourth-order valence-electron chi connectivity index (χ4n) is 12.9. The third kappa shape index (κ3) is 22.7. The lowest BCUT2D eigenvalue weighted by Crippen LogP contribution is -2.17. The van der Waals surface area contributed by atoms with Crippen LogP contribution in [0.5, 0.6) is 17.2 Å². The van der Waals surface area contributed by atoms with Gasteiger partial charge in [-0.1, -0.05) is 65.6 Å². The molecule has 6 N–H and O–H groups in total. The highest BCUT2D eigenvalue weighted by Crippen LogP contribution is 2.39. The molecule has 3 atom stereocenters. The van der Waals surface area contributed by atoms with Crippen LogP contribution in [-0.2, 0) is 25.4 Å². The van der Waals surface area contributed by atoms with Crippen molar-refractivity contribution in [3.63, 3.8) is 0 Å². The maximum atomic E-state index is 13.7. The Bertz CT molecular complexity index is 6920. The van der Waals surface area contributed by atoms with Gasteiger partial charge in [0.25, 0.3) is 0 Å². The Morgan fingerprint density at radius 2 is 0.841 bits per heavy atom. The van der Waals surface area contributed by atoms with Crippen molar-refractivity contribution in [2.45, 2.75) is 44.0 Å². The molecule has 126 heavy (non-hydrogen) atoms. The van der Waals surface area contributed by atoms with Gasteiger partial charge in [-0.15, -0.1) is 25.7 Å². The Morgan fingerprint density at radius 3 is 1.24 bits per heavy atom. The first-order valence-corrected chi connectivity index (χ1v) is 38.5. The van der Waals surface area contributed by atoms with Crippen LogP contribution in [0.1, 0.15) is 55.3 Å². The van der Waals surface area contributed by atoms with Crippen molar-refractivity contribution in [3.8, 4) is 66.6 Å². The van der Waals surface area contributed by atoms with Crippen LogP contribution in [0.25, 0.3) is 54.5 Å². The molecule has 8 heterocycles. The monoisotopic (exact) mass is 1720 g/mol. The molecule has 3 saturated heterocycles. The Morgan fingerprint density at radius 1 is 0.492 bits per heavy atom. The normalized spacial score (nSPS) is 15.2. The summed E-state index contributed by atoms with van der Waals surface area (Å²) >= 11 is 5.69. The van der Waals surface area contributed by atoms with Gasteiger partial charge < -0.3 is 60.3 Å². The van der Waals surface area contributed by atoms with E-state index in [1.165, 1.54) is 43.5 Å². The standard InChI is InChI=1S/C27H28N4O3.C20H16N4O4.C20H18N4O2.C16H9FN4O2.C8H3ClFN3O2/c1-4-19-7-5-8-21(13-19)30-27-24-15-20(14-22(32)9-6-11-31(2)3)26(16-25(24)28-18-29-27)34-23-10-12-33-17-23;1-2-13-4-3-5-14(8-13)23-20-16-9-18(24(25)26)19(10-17(16)21-12-22-20)28-15-6-7-27-11-15;1-2-13-4-3-5-14(8-13)24-20-16-9-17(21)19(10-18(16)22-12-23-20)26-15-6-7-25-11-15;1-2-10-4-3-5-11(6-10)20-16-12-7-15(21(22)23)13(17)8-14(12)18-9-19-16;9-8-4-1-7(13(14)15)5(10)2-6(4)11-3-12-8/h1,5-9,13,15-16,18,23H,10-12,14,17H2,2-3H3,(H,28,29,30);1,3-5,8-10,12,15H,6-7,11H2,(H,21,22,23);1,3-5,8-10,12,15H,6-7,11,21H2,(H,22,23,24);1,3-9H,(H,18,19,20);1-3H/b9-6+;;;;/i2D3,3D3;;;;. The largest absolute Gasteiger partial charge is 0.488 e. The Labute approximate surface area is 731 Å². The second-order valence-electron chi connectivity index (χ2n) is 27.6. The summed E-state index contributed by atoms with van der Waals surface area (Å²) in [5.41, 5.74) is 14.1. The number of benzene rings is 9. The van der Waals surface area contributed by atoms with Gasteiger partial charge >= 0.3 is 17.1 Å². The molecule has 35 heteroatoms. The second kappa shape index (κ2) is 41.5. The predicted octanol–water partition coefficient (Wildman–Crippen LogP) is 16.0. The number of hydrogen-bond acceptors (Lipinski definition) is 29. The average molecular weight is 1720 g/mol. The van der Waals surface area contributed by atoms with Crippen LogP contribution in [0.3, 0.4) is 0 Å². The highest BCUT2D eigenvalue weighted by atomic mass is 35.5. The number of hydrogen-bond donors (Lipinski definition) is 5. The number of likely N-dealkylation sites (N-methyl/N-ethyl adjacent to an activating group) is 1. The number of allylic oxidation sites excluding steroid dienone is 1. The molecule has 0 bridgehead atoms. The number of nitro groups is 3. The first-order valence-electron chi connectivity index (χ1n) is 41.1. The molecule has 3 aliphatic heterocycles. The number of terminal acetylenes is 4. The van der Waals surface area contributed by atoms with Crippen molar-refractivity contribution in [2.75, 3.05) is 87.1 Å². The third-order valence-corrected chi connectivity index (χ3v) is 19.2. The minimum absolute atomic E-state index is 0.0284. The highest BCUT2D eigenvalue weighted by molar-refractivity contribution is 6.34. The zero-order valence-electron chi connectivity index (χ0n) is 72.2. The number of nitro benzene ring substituents is 3. The summed E-state index contributed by atoms with van der Waals surface area (Å²) in [6, 6.07) is 43.4. The molecular formula is C91H74ClF2N19O13. The van der Waals surface area contributed by atoms with Crippen LogP contribution in [0, 0.1) is 91.4 Å². The number of carbonyl (C=O) groups excluding carboxylic acids is 1. The summed E-state index contributed by atoms with van der Waals surface area (Å²) in [4.78, 5) is 85.5. The van der Waals surface area contributed by atoms with Crippen molar-refractivity contribution in [2.24, 2.45) is 0 Å². The predicted molar refractivity (Wildman–Crippen MR) is 474 cm³/mol. The Kier molecular flexibility index (Phi) is 26.2. The van der Waals surface area contributed by atoms with Gasteiger partial charge in [-0.25, -0.2) is 49.8 Å². The minimum atomic E-state index is -2.84. The van der Waals surface area contributed by atoms with Crippen molar-refractivity contribution in [1.29, 1.82) is 0 Å². The molecule has 0 saturated carbocycles. The molecule has 632 valence electrons. The number of aromatic nitrogens is 10. The summed E-state index contributed by atoms with van der Waals surface area (Å²) < 4.78 is 106. The average Bonchev–Trinajstić information content (AvgIpc) is 1.41.